The third-order valence-corrected chi connectivity index (χ3v) is 10.5. The molecule has 0 amide bonds. The second kappa shape index (κ2) is 9.97. The van der Waals surface area contributed by atoms with Crippen molar-refractivity contribution in [2.24, 2.45) is 0 Å². The van der Waals surface area contributed by atoms with Gasteiger partial charge in [-0.2, -0.15) is 0 Å². The monoisotopic (exact) mass is 615 g/mol. The predicted molar refractivity (Wildman–Crippen MR) is 202 cm³/mol. The largest absolute Gasteiger partial charge is 0.309 e. The lowest BCUT2D eigenvalue weighted by molar-refractivity contribution is 0.630. The molecule has 3 heteroatoms. The van der Waals surface area contributed by atoms with E-state index in [-0.39, 0.29) is 5.41 Å². The highest BCUT2D eigenvalue weighted by molar-refractivity contribution is 6.11. The van der Waals surface area contributed by atoms with Crippen molar-refractivity contribution in [2.45, 2.75) is 19.3 Å². The minimum atomic E-state index is -0.278. The quantitative estimate of drug-likeness (QED) is 0.193. The van der Waals surface area contributed by atoms with Gasteiger partial charge in [0.25, 0.3) is 0 Å². The van der Waals surface area contributed by atoms with E-state index in [9.17, 15) is 0 Å². The second-order valence-electron chi connectivity index (χ2n) is 13.4. The van der Waals surface area contributed by atoms with Crippen molar-refractivity contribution in [3.05, 3.63) is 175 Å². The summed E-state index contributed by atoms with van der Waals surface area (Å²) in [5.74, 6) is 0. The van der Waals surface area contributed by atoms with Crippen LogP contribution in [0.4, 0.5) is 17.1 Å². The number of para-hydroxylation sites is 6. The fourth-order valence-electron chi connectivity index (χ4n) is 8.31. The van der Waals surface area contributed by atoms with Crippen molar-refractivity contribution in [1.29, 1.82) is 0 Å². The molecular weight excluding hydrogens is 583 g/mol. The first-order chi connectivity index (χ1) is 23.6. The molecule has 228 valence electrons. The van der Waals surface area contributed by atoms with Gasteiger partial charge < -0.3 is 14.0 Å². The molecule has 10 rings (SSSR count). The molecule has 0 atom stereocenters. The summed E-state index contributed by atoms with van der Waals surface area (Å²) in [4.78, 5) is 2.49. The molecule has 3 heterocycles. The lowest BCUT2D eigenvalue weighted by atomic mass is 9.73. The zero-order valence-electron chi connectivity index (χ0n) is 26.9. The molecule has 7 aromatic carbocycles. The first-order valence-corrected chi connectivity index (χ1v) is 16.7. The first-order valence-electron chi connectivity index (χ1n) is 16.7. The highest BCUT2D eigenvalue weighted by Crippen LogP contribution is 2.55. The van der Waals surface area contributed by atoms with Crippen LogP contribution in [0.5, 0.6) is 0 Å². The maximum absolute atomic E-state index is 2.50. The van der Waals surface area contributed by atoms with Crippen molar-refractivity contribution in [1.82, 2.24) is 9.13 Å². The summed E-state index contributed by atoms with van der Waals surface area (Å²) in [6, 6.07) is 59.9. The molecule has 0 N–H and O–H groups in total. The molecule has 0 bridgehead atoms. The molecule has 3 nitrogen and oxygen atoms in total. The number of hydrogen-bond donors (Lipinski definition) is 0. The zero-order chi connectivity index (χ0) is 32.0. The van der Waals surface area contributed by atoms with Crippen molar-refractivity contribution in [3.63, 3.8) is 0 Å². The number of rotatable bonds is 3. The Kier molecular flexibility index (Phi) is 5.63. The molecule has 48 heavy (non-hydrogen) atoms. The molecule has 1 aliphatic rings. The predicted octanol–water partition coefficient (Wildman–Crippen LogP) is 12.0. The minimum absolute atomic E-state index is 0.278. The highest BCUT2D eigenvalue weighted by Gasteiger charge is 2.39. The fraction of sp³-hybridized carbons (Fsp3) is 0.0667. The molecule has 9 aromatic rings. The summed E-state index contributed by atoms with van der Waals surface area (Å²) >= 11 is 0. The van der Waals surface area contributed by atoms with Gasteiger partial charge in [-0.3, -0.25) is 0 Å². The van der Waals surface area contributed by atoms with Crippen LogP contribution in [0, 0.1) is 0 Å². The summed E-state index contributed by atoms with van der Waals surface area (Å²) in [7, 11) is 0. The standard InChI is InChI=1S/C45H33N3/c1-45(2)36-22-10-15-27-42(36)47(30-16-4-3-5-17-30)44-37(45)28-31(46-38-23-11-6-18-32(38)33-19-7-12-24-39(33)46)29-43(44)48-40-25-13-8-20-34(40)35-21-9-14-26-41(35)48/h3-29H,1-2H3. The Morgan fingerprint density at radius 1 is 0.375 bits per heavy atom. The summed E-state index contributed by atoms with van der Waals surface area (Å²) in [6.07, 6.45) is 0. The van der Waals surface area contributed by atoms with Gasteiger partial charge in [0.15, 0.2) is 0 Å². The van der Waals surface area contributed by atoms with E-state index in [4.69, 9.17) is 0 Å². The van der Waals surface area contributed by atoms with Gasteiger partial charge in [-0.15, -0.1) is 0 Å². The van der Waals surface area contributed by atoms with Gasteiger partial charge in [0.05, 0.1) is 39.1 Å². The van der Waals surface area contributed by atoms with Crippen LogP contribution in [-0.4, -0.2) is 9.13 Å². The number of nitrogens with zero attached hydrogens (tertiary/aromatic N) is 3. The van der Waals surface area contributed by atoms with Gasteiger partial charge in [-0.1, -0.05) is 123 Å². The van der Waals surface area contributed by atoms with Crippen molar-refractivity contribution in [3.8, 4) is 11.4 Å². The first kappa shape index (κ1) is 27.1. The molecule has 0 unspecified atom stereocenters. The van der Waals surface area contributed by atoms with Crippen LogP contribution < -0.4 is 4.90 Å². The summed E-state index contributed by atoms with van der Waals surface area (Å²) in [5, 5.41) is 5.04. The fourth-order valence-corrected chi connectivity index (χ4v) is 8.31. The molecule has 0 spiro atoms. The van der Waals surface area contributed by atoms with Crippen molar-refractivity contribution >= 4 is 60.7 Å². The zero-order valence-corrected chi connectivity index (χ0v) is 26.9. The molecule has 2 aromatic heterocycles. The van der Waals surface area contributed by atoms with E-state index in [2.05, 4.69) is 192 Å². The maximum Gasteiger partial charge on any atom is 0.0745 e. The second-order valence-corrected chi connectivity index (χ2v) is 13.4. The van der Waals surface area contributed by atoms with Crippen molar-refractivity contribution < 1.29 is 0 Å². The Morgan fingerprint density at radius 3 is 1.40 bits per heavy atom. The van der Waals surface area contributed by atoms with Crippen LogP contribution in [0.2, 0.25) is 0 Å². The topological polar surface area (TPSA) is 13.1 Å². The van der Waals surface area contributed by atoms with Crippen LogP contribution in [0.15, 0.2) is 164 Å². The van der Waals surface area contributed by atoms with E-state index in [0.29, 0.717) is 0 Å². The third kappa shape index (κ3) is 3.64. The highest BCUT2D eigenvalue weighted by atomic mass is 15.2. The molecule has 0 radical (unpaired) electrons. The molecule has 0 saturated heterocycles. The van der Waals surface area contributed by atoms with Crippen LogP contribution in [0.3, 0.4) is 0 Å². The lowest BCUT2D eigenvalue weighted by Gasteiger charge is -2.43. The number of anilines is 3. The normalized spacial score (nSPS) is 13.8. The average Bonchev–Trinajstić information content (AvgIpc) is 3.65. The maximum atomic E-state index is 2.50. The average molecular weight is 616 g/mol. The molecular formula is C45H33N3. The molecule has 0 aliphatic carbocycles. The number of fused-ring (bicyclic) bond motifs is 8. The van der Waals surface area contributed by atoms with Gasteiger partial charge in [0.1, 0.15) is 0 Å². The smallest absolute Gasteiger partial charge is 0.0745 e. The number of aromatic nitrogens is 2. The Morgan fingerprint density at radius 2 is 0.833 bits per heavy atom. The lowest BCUT2D eigenvalue weighted by Crippen LogP contribution is -2.32. The van der Waals surface area contributed by atoms with E-state index < -0.39 is 0 Å². The Hall–Kier alpha value is -6.06. The summed E-state index contributed by atoms with van der Waals surface area (Å²) < 4.78 is 4.96. The Labute approximate surface area is 279 Å². The van der Waals surface area contributed by atoms with Crippen LogP contribution in [0.1, 0.15) is 25.0 Å². The summed E-state index contributed by atoms with van der Waals surface area (Å²) in [5.41, 5.74) is 13.0. The molecule has 0 fully saturated rings. The van der Waals surface area contributed by atoms with Gasteiger partial charge >= 0.3 is 0 Å². The van der Waals surface area contributed by atoms with Crippen LogP contribution in [-0.2, 0) is 5.41 Å². The van der Waals surface area contributed by atoms with Crippen molar-refractivity contribution in [2.75, 3.05) is 4.90 Å². The van der Waals surface area contributed by atoms with E-state index in [1.807, 2.05) is 0 Å². The van der Waals surface area contributed by atoms with Gasteiger partial charge in [-0.05, 0) is 65.7 Å². The minimum Gasteiger partial charge on any atom is -0.309 e. The molecule has 1 aliphatic heterocycles. The number of benzene rings is 7. The summed E-state index contributed by atoms with van der Waals surface area (Å²) in [6.45, 7) is 4.77. The molecule has 0 saturated carbocycles. The number of hydrogen-bond acceptors (Lipinski definition) is 1. The third-order valence-electron chi connectivity index (χ3n) is 10.5. The van der Waals surface area contributed by atoms with E-state index in [1.165, 1.54) is 66.1 Å². The van der Waals surface area contributed by atoms with E-state index >= 15 is 0 Å². The van der Waals surface area contributed by atoms with Gasteiger partial charge in [0, 0.05) is 38.3 Å². The van der Waals surface area contributed by atoms with E-state index in [0.717, 1.165) is 17.1 Å². The Balaban J connectivity index is 1.42. The van der Waals surface area contributed by atoms with Crippen LogP contribution >= 0.6 is 0 Å². The van der Waals surface area contributed by atoms with Crippen LogP contribution in [0.25, 0.3) is 55.0 Å². The van der Waals surface area contributed by atoms with E-state index in [1.54, 1.807) is 0 Å². The SMILES string of the molecule is CC1(C)c2ccccc2N(c2ccccc2)c2c(-n3c4ccccc4c4ccccc43)cc(-n3c4ccccc4c4ccccc43)cc21. The van der Waals surface area contributed by atoms with Gasteiger partial charge in [0.2, 0.25) is 0 Å². The Bertz CT molecular complexity index is 2600. The van der Waals surface area contributed by atoms with Gasteiger partial charge in [-0.25, -0.2) is 0 Å².